The minimum absolute atomic E-state index is 0.00526. The van der Waals surface area contributed by atoms with Crippen molar-refractivity contribution in [2.75, 3.05) is 26.2 Å². The van der Waals surface area contributed by atoms with Crippen molar-refractivity contribution in [3.8, 4) is 0 Å². The van der Waals surface area contributed by atoms with Crippen LogP contribution >= 0.6 is 0 Å². The van der Waals surface area contributed by atoms with E-state index in [1.165, 1.54) is 45.3 Å². The lowest BCUT2D eigenvalue weighted by molar-refractivity contribution is 0.122. The molecule has 3 nitrogen and oxygen atoms in total. The molecule has 0 aromatic carbocycles. The number of nitrogens with zero attached hydrogens (tertiary/aromatic N) is 1. The van der Waals surface area contributed by atoms with Gasteiger partial charge in [-0.15, -0.1) is 0 Å². The van der Waals surface area contributed by atoms with Gasteiger partial charge >= 0.3 is 0 Å². The van der Waals surface area contributed by atoms with E-state index in [-0.39, 0.29) is 6.10 Å². The van der Waals surface area contributed by atoms with E-state index in [9.17, 15) is 5.11 Å². The molecule has 4 atom stereocenters. The molecule has 0 amide bonds. The first-order valence-electron chi connectivity index (χ1n) is 6.97. The van der Waals surface area contributed by atoms with Crippen LogP contribution in [-0.2, 0) is 0 Å². The molecule has 2 aliphatic heterocycles. The van der Waals surface area contributed by atoms with Gasteiger partial charge in [0.2, 0.25) is 0 Å². The zero-order valence-corrected chi connectivity index (χ0v) is 10.1. The summed E-state index contributed by atoms with van der Waals surface area (Å²) in [6.07, 6.45) is 6.37. The Hall–Kier alpha value is -0.120. The summed E-state index contributed by atoms with van der Waals surface area (Å²) in [4.78, 5) is 2.58. The van der Waals surface area contributed by atoms with Gasteiger partial charge in [-0.05, 0) is 38.1 Å². The first kappa shape index (κ1) is 11.0. The molecule has 3 rings (SSSR count). The molecule has 2 heterocycles. The minimum atomic E-state index is -0.00526. The first-order valence-corrected chi connectivity index (χ1v) is 6.97. The fourth-order valence-corrected chi connectivity index (χ4v) is 3.87. The molecule has 2 N–H and O–H groups in total. The van der Waals surface area contributed by atoms with E-state index >= 15 is 0 Å². The van der Waals surface area contributed by atoms with Gasteiger partial charge in [-0.2, -0.15) is 0 Å². The number of aliphatic hydroxyl groups excluding tert-OH is 1. The van der Waals surface area contributed by atoms with Crippen molar-refractivity contribution in [1.29, 1.82) is 0 Å². The van der Waals surface area contributed by atoms with Crippen LogP contribution in [0.1, 0.15) is 32.1 Å². The molecule has 4 unspecified atom stereocenters. The van der Waals surface area contributed by atoms with Crippen LogP contribution < -0.4 is 5.32 Å². The number of rotatable bonds is 2. The molecule has 1 saturated carbocycles. The summed E-state index contributed by atoms with van der Waals surface area (Å²) in [5, 5.41) is 13.5. The molecule has 0 aromatic rings. The normalized spacial score (nSPS) is 44.8. The van der Waals surface area contributed by atoms with Crippen molar-refractivity contribution in [1.82, 2.24) is 10.2 Å². The predicted octanol–water partition coefficient (Wildman–Crippen LogP) is 0.831. The largest absolute Gasteiger partial charge is 0.393 e. The van der Waals surface area contributed by atoms with E-state index in [0.717, 1.165) is 18.9 Å². The Morgan fingerprint density at radius 3 is 2.81 bits per heavy atom. The Morgan fingerprint density at radius 2 is 2.06 bits per heavy atom. The van der Waals surface area contributed by atoms with E-state index in [4.69, 9.17) is 0 Å². The topological polar surface area (TPSA) is 35.5 Å². The fourth-order valence-electron chi connectivity index (χ4n) is 3.87. The Morgan fingerprint density at radius 1 is 1.12 bits per heavy atom. The van der Waals surface area contributed by atoms with Crippen molar-refractivity contribution in [2.45, 2.75) is 44.2 Å². The van der Waals surface area contributed by atoms with Crippen molar-refractivity contribution >= 4 is 0 Å². The highest BCUT2D eigenvalue weighted by molar-refractivity contribution is 4.94. The van der Waals surface area contributed by atoms with Crippen LogP contribution in [0.3, 0.4) is 0 Å². The van der Waals surface area contributed by atoms with Gasteiger partial charge in [0.15, 0.2) is 0 Å². The van der Waals surface area contributed by atoms with Gasteiger partial charge in [0.05, 0.1) is 6.10 Å². The Balaban J connectivity index is 1.50. The molecule has 3 fully saturated rings. The second kappa shape index (κ2) is 4.63. The first-order chi connectivity index (χ1) is 7.83. The van der Waals surface area contributed by atoms with E-state index in [1.807, 2.05) is 0 Å². The summed E-state index contributed by atoms with van der Waals surface area (Å²) in [5.41, 5.74) is 0. The standard InChI is InChI=1S/C13H24N2O/c16-13-5-4-10-7-15(9-12(10)13)8-11-3-1-2-6-14-11/h10-14,16H,1-9H2. The Kier molecular flexibility index (Phi) is 3.18. The number of hydrogen-bond acceptors (Lipinski definition) is 3. The second-order valence-electron chi connectivity index (χ2n) is 5.93. The molecular formula is C13H24N2O. The molecule has 0 spiro atoms. The summed E-state index contributed by atoms with van der Waals surface area (Å²) in [6, 6.07) is 0.713. The molecule has 16 heavy (non-hydrogen) atoms. The lowest BCUT2D eigenvalue weighted by atomic mass is 10.00. The quantitative estimate of drug-likeness (QED) is 0.729. The number of hydrogen-bond donors (Lipinski definition) is 2. The minimum Gasteiger partial charge on any atom is -0.393 e. The fraction of sp³-hybridized carbons (Fsp3) is 1.00. The van der Waals surface area contributed by atoms with E-state index in [0.29, 0.717) is 12.0 Å². The summed E-state index contributed by atoms with van der Waals surface area (Å²) < 4.78 is 0. The predicted molar refractivity (Wildman–Crippen MR) is 64.3 cm³/mol. The lowest BCUT2D eigenvalue weighted by Gasteiger charge is -2.28. The SMILES string of the molecule is OC1CCC2CN(CC3CCCCN3)CC12. The van der Waals surface area contributed by atoms with Crippen molar-refractivity contribution in [3.63, 3.8) is 0 Å². The maximum absolute atomic E-state index is 9.88. The van der Waals surface area contributed by atoms with Gasteiger partial charge in [0, 0.05) is 31.6 Å². The molecule has 2 saturated heterocycles. The number of fused-ring (bicyclic) bond motifs is 1. The summed E-state index contributed by atoms with van der Waals surface area (Å²) in [6.45, 7) is 4.79. The highest BCUT2D eigenvalue weighted by atomic mass is 16.3. The lowest BCUT2D eigenvalue weighted by Crippen LogP contribution is -2.43. The van der Waals surface area contributed by atoms with Crippen molar-refractivity contribution < 1.29 is 5.11 Å². The maximum Gasteiger partial charge on any atom is 0.0583 e. The molecule has 92 valence electrons. The summed E-state index contributed by atoms with van der Waals surface area (Å²) in [7, 11) is 0. The number of likely N-dealkylation sites (tertiary alicyclic amines) is 1. The van der Waals surface area contributed by atoms with Gasteiger partial charge in [-0.25, -0.2) is 0 Å². The molecule has 0 radical (unpaired) electrons. The Labute approximate surface area is 98.2 Å². The molecule has 0 aromatic heterocycles. The molecule has 1 aliphatic carbocycles. The number of nitrogens with one attached hydrogen (secondary N) is 1. The highest BCUT2D eigenvalue weighted by Crippen LogP contribution is 2.38. The van der Waals surface area contributed by atoms with Crippen molar-refractivity contribution in [3.05, 3.63) is 0 Å². The van der Waals surface area contributed by atoms with Gasteiger partial charge < -0.3 is 15.3 Å². The average Bonchev–Trinajstić information content (AvgIpc) is 2.83. The van der Waals surface area contributed by atoms with E-state index < -0.39 is 0 Å². The third-order valence-corrected chi connectivity index (χ3v) is 4.79. The van der Waals surface area contributed by atoms with Gasteiger partial charge in [0.25, 0.3) is 0 Å². The van der Waals surface area contributed by atoms with Crippen LogP contribution in [0.2, 0.25) is 0 Å². The summed E-state index contributed by atoms with van der Waals surface area (Å²) in [5.74, 6) is 1.38. The number of aliphatic hydroxyl groups is 1. The molecule has 0 bridgehead atoms. The van der Waals surface area contributed by atoms with Crippen LogP contribution in [0.25, 0.3) is 0 Å². The zero-order chi connectivity index (χ0) is 11.0. The Bertz CT molecular complexity index is 240. The van der Waals surface area contributed by atoms with Gasteiger partial charge in [0.1, 0.15) is 0 Å². The van der Waals surface area contributed by atoms with Crippen LogP contribution in [0.5, 0.6) is 0 Å². The monoisotopic (exact) mass is 224 g/mol. The van der Waals surface area contributed by atoms with E-state index in [2.05, 4.69) is 10.2 Å². The van der Waals surface area contributed by atoms with Crippen LogP contribution in [0, 0.1) is 11.8 Å². The van der Waals surface area contributed by atoms with Crippen LogP contribution in [0.15, 0.2) is 0 Å². The number of piperidine rings is 1. The van der Waals surface area contributed by atoms with Crippen molar-refractivity contribution in [2.24, 2.45) is 11.8 Å². The van der Waals surface area contributed by atoms with Gasteiger partial charge in [-0.3, -0.25) is 0 Å². The van der Waals surface area contributed by atoms with Crippen LogP contribution in [0.4, 0.5) is 0 Å². The molecule has 3 aliphatic rings. The average molecular weight is 224 g/mol. The summed E-state index contributed by atoms with van der Waals surface area (Å²) >= 11 is 0. The smallest absolute Gasteiger partial charge is 0.0583 e. The highest BCUT2D eigenvalue weighted by Gasteiger charge is 2.41. The molecule has 3 heteroatoms. The third kappa shape index (κ3) is 2.13. The maximum atomic E-state index is 9.88. The van der Waals surface area contributed by atoms with E-state index in [1.54, 1.807) is 0 Å². The third-order valence-electron chi connectivity index (χ3n) is 4.79. The second-order valence-corrected chi connectivity index (χ2v) is 5.93. The zero-order valence-electron chi connectivity index (χ0n) is 10.1. The molecular weight excluding hydrogens is 200 g/mol. The van der Waals surface area contributed by atoms with Gasteiger partial charge in [-0.1, -0.05) is 6.42 Å². The van der Waals surface area contributed by atoms with Crippen LogP contribution in [-0.4, -0.2) is 48.3 Å².